The van der Waals surface area contributed by atoms with E-state index in [2.05, 4.69) is 0 Å². The summed E-state index contributed by atoms with van der Waals surface area (Å²) < 4.78 is 12.6. The molecule has 1 aromatic rings. The van der Waals surface area contributed by atoms with Gasteiger partial charge in [0, 0.05) is 0 Å². The second kappa shape index (κ2) is 3.13. The highest BCUT2D eigenvalue weighted by Gasteiger charge is 2.12. The standard InChI is InChI=1S/C8H5FO3/c9-6-3-1-2-5(8(6)12)7(11)4-10/h1-4,12H. The molecule has 0 atom stereocenters. The first-order valence-corrected chi connectivity index (χ1v) is 3.14. The highest BCUT2D eigenvalue weighted by molar-refractivity contribution is 6.34. The molecule has 0 spiro atoms. The highest BCUT2D eigenvalue weighted by Crippen LogP contribution is 2.20. The van der Waals surface area contributed by atoms with Gasteiger partial charge in [0.15, 0.2) is 17.9 Å². The van der Waals surface area contributed by atoms with Crippen LogP contribution in [0.15, 0.2) is 18.2 Å². The fraction of sp³-hybridized carbons (Fsp3) is 0. The maximum atomic E-state index is 12.6. The molecule has 0 bridgehead atoms. The van der Waals surface area contributed by atoms with Crippen LogP contribution in [0, 0.1) is 5.82 Å². The largest absolute Gasteiger partial charge is 0.504 e. The normalized spacial score (nSPS) is 9.42. The van der Waals surface area contributed by atoms with Crippen molar-refractivity contribution in [2.24, 2.45) is 0 Å². The lowest BCUT2D eigenvalue weighted by Gasteiger charge is -1.98. The summed E-state index contributed by atoms with van der Waals surface area (Å²) in [7, 11) is 0. The molecular weight excluding hydrogens is 163 g/mol. The van der Waals surface area contributed by atoms with Gasteiger partial charge in [-0.2, -0.15) is 0 Å². The molecule has 0 radical (unpaired) electrons. The number of aldehydes is 1. The van der Waals surface area contributed by atoms with Gasteiger partial charge in [-0.1, -0.05) is 6.07 Å². The zero-order valence-corrected chi connectivity index (χ0v) is 5.95. The third-order valence-electron chi connectivity index (χ3n) is 1.36. The molecule has 1 rings (SSSR count). The molecule has 1 aromatic carbocycles. The van der Waals surface area contributed by atoms with Gasteiger partial charge in [0.1, 0.15) is 0 Å². The minimum absolute atomic E-state index is 0.0223. The summed E-state index contributed by atoms with van der Waals surface area (Å²) in [4.78, 5) is 20.7. The first-order chi connectivity index (χ1) is 5.66. The number of aromatic hydroxyl groups is 1. The van der Waals surface area contributed by atoms with Crippen LogP contribution in [0.25, 0.3) is 0 Å². The number of carbonyl (C=O) groups excluding carboxylic acids is 2. The second-order valence-corrected chi connectivity index (χ2v) is 2.12. The van der Waals surface area contributed by atoms with Crippen LogP contribution in [-0.4, -0.2) is 17.2 Å². The molecule has 62 valence electrons. The van der Waals surface area contributed by atoms with Crippen LogP contribution in [0.3, 0.4) is 0 Å². The van der Waals surface area contributed by atoms with Crippen LogP contribution in [0.5, 0.6) is 5.75 Å². The summed E-state index contributed by atoms with van der Waals surface area (Å²) in [6, 6.07) is 3.41. The van der Waals surface area contributed by atoms with Gasteiger partial charge >= 0.3 is 0 Å². The van der Waals surface area contributed by atoms with Gasteiger partial charge in [-0.05, 0) is 12.1 Å². The quantitative estimate of drug-likeness (QED) is 0.405. The van der Waals surface area contributed by atoms with Crippen molar-refractivity contribution in [2.45, 2.75) is 0 Å². The topological polar surface area (TPSA) is 54.4 Å². The summed E-state index contributed by atoms with van der Waals surface area (Å²) in [6.07, 6.45) is 0.0223. The van der Waals surface area contributed by atoms with Gasteiger partial charge in [0.05, 0.1) is 5.56 Å². The molecule has 0 aromatic heterocycles. The van der Waals surface area contributed by atoms with Crippen LogP contribution in [0.4, 0.5) is 4.39 Å². The van der Waals surface area contributed by atoms with Gasteiger partial charge in [-0.15, -0.1) is 0 Å². The second-order valence-electron chi connectivity index (χ2n) is 2.12. The minimum Gasteiger partial charge on any atom is -0.504 e. The van der Waals surface area contributed by atoms with Crippen molar-refractivity contribution in [1.82, 2.24) is 0 Å². The molecular formula is C8H5FO3. The summed E-state index contributed by atoms with van der Waals surface area (Å²) in [5.41, 5.74) is -0.315. The lowest BCUT2D eigenvalue weighted by molar-refractivity contribution is -0.104. The molecule has 0 unspecified atom stereocenters. The number of hydrogen-bond acceptors (Lipinski definition) is 3. The van der Waals surface area contributed by atoms with E-state index in [9.17, 15) is 14.0 Å². The average Bonchev–Trinajstić information content (AvgIpc) is 2.08. The van der Waals surface area contributed by atoms with Crippen molar-refractivity contribution in [3.8, 4) is 5.75 Å². The summed E-state index contributed by atoms with van der Waals surface area (Å²) >= 11 is 0. The molecule has 3 nitrogen and oxygen atoms in total. The SMILES string of the molecule is O=CC(=O)c1cccc(F)c1O. The molecule has 0 amide bonds. The first-order valence-electron chi connectivity index (χ1n) is 3.14. The molecule has 0 fully saturated rings. The molecule has 1 N–H and O–H groups in total. The van der Waals surface area contributed by atoms with E-state index in [0.717, 1.165) is 6.07 Å². The van der Waals surface area contributed by atoms with E-state index in [1.165, 1.54) is 12.1 Å². The van der Waals surface area contributed by atoms with Crippen molar-refractivity contribution >= 4 is 12.1 Å². The van der Waals surface area contributed by atoms with Crippen LogP contribution in [0.2, 0.25) is 0 Å². The van der Waals surface area contributed by atoms with E-state index in [1.807, 2.05) is 0 Å². The van der Waals surface area contributed by atoms with E-state index in [0.29, 0.717) is 0 Å². The zero-order valence-electron chi connectivity index (χ0n) is 5.95. The molecule has 4 heteroatoms. The molecule has 0 aliphatic carbocycles. The third-order valence-corrected chi connectivity index (χ3v) is 1.36. The van der Waals surface area contributed by atoms with Crippen molar-refractivity contribution < 1.29 is 19.1 Å². The zero-order chi connectivity index (χ0) is 9.14. The number of ketones is 1. The Hall–Kier alpha value is -1.71. The van der Waals surface area contributed by atoms with Crippen LogP contribution < -0.4 is 0 Å². The van der Waals surface area contributed by atoms with Gasteiger partial charge in [-0.25, -0.2) is 4.39 Å². The molecule has 0 saturated heterocycles. The molecule has 12 heavy (non-hydrogen) atoms. The maximum Gasteiger partial charge on any atom is 0.229 e. The number of rotatable bonds is 2. The highest BCUT2D eigenvalue weighted by atomic mass is 19.1. The van der Waals surface area contributed by atoms with Gasteiger partial charge in [0.25, 0.3) is 0 Å². The Morgan fingerprint density at radius 3 is 2.75 bits per heavy atom. The van der Waals surface area contributed by atoms with E-state index in [4.69, 9.17) is 5.11 Å². The lowest BCUT2D eigenvalue weighted by atomic mass is 10.1. The number of benzene rings is 1. The predicted molar refractivity (Wildman–Crippen MR) is 38.5 cm³/mol. The molecule has 0 aliphatic rings. The fourth-order valence-electron chi connectivity index (χ4n) is 0.778. The summed E-state index contributed by atoms with van der Waals surface area (Å²) in [5.74, 6) is -2.63. The summed E-state index contributed by atoms with van der Waals surface area (Å²) in [5, 5.41) is 8.94. The number of phenols is 1. The van der Waals surface area contributed by atoms with Crippen molar-refractivity contribution in [1.29, 1.82) is 0 Å². The molecule has 0 aliphatic heterocycles. The van der Waals surface area contributed by atoms with E-state index < -0.39 is 17.3 Å². The number of carbonyl (C=O) groups is 2. The van der Waals surface area contributed by atoms with Crippen molar-refractivity contribution in [2.75, 3.05) is 0 Å². The van der Waals surface area contributed by atoms with E-state index in [1.54, 1.807) is 0 Å². The third kappa shape index (κ3) is 1.32. The number of phenolic OH excluding ortho intramolecular Hbond substituents is 1. The van der Waals surface area contributed by atoms with Crippen molar-refractivity contribution in [3.05, 3.63) is 29.6 Å². The Kier molecular flexibility index (Phi) is 2.19. The Bertz CT molecular complexity index is 333. The molecule has 0 saturated carbocycles. The predicted octanol–water partition coefficient (Wildman–Crippen LogP) is 0.913. The Labute approximate surface area is 67.4 Å². The maximum absolute atomic E-state index is 12.6. The number of Topliss-reactive ketones (excluding diaryl/α,β-unsaturated/α-hetero) is 1. The van der Waals surface area contributed by atoms with Crippen LogP contribution >= 0.6 is 0 Å². The minimum atomic E-state index is -0.938. The van der Waals surface area contributed by atoms with Crippen molar-refractivity contribution in [3.63, 3.8) is 0 Å². The fourth-order valence-corrected chi connectivity index (χ4v) is 0.778. The Morgan fingerprint density at radius 1 is 1.50 bits per heavy atom. The first kappa shape index (κ1) is 8.39. The van der Waals surface area contributed by atoms with Gasteiger partial charge in [-0.3, -0.25) is 9.59 Å². The van der Waals surface area contributed by atoms with Gasteiger partial charge < -0.3 is 5.11 Å². The van der Waals surface area contributed by atoms with E-state index in [-0.39, 0.29) is 11.8 Å². The Balaban J connectivity index is 3.25. The van der Waals surface area contributed by atoms with Crippen LogP contribution in [-0.2, 0) is 4.79 Å². The number of hydrogen-bond donors (Lipinski definition) is 1. The van der Waals surface area contributed by atoms with Gasteiger partial charge in [0.2, 0.25) is 5.78 Å². The average molecular weight is 168 g/mol. The number of para-hydroxylation sites is 1. The number of halogens is 1. The van der Waals surface area contributed by atoms with E-state index >= 15 is 0 Å². The monoisotopic (exact) mass is 168 g/mol. The Morgan fingerprint density at radius 2 is 2.17 bits per heavy atom. The summed E-state index contributed by atoms with van der Waals surface area (Å²) in [6.45, 7) is 0. The van der Waals surface area contributed by atoms with Crippen LogP contribution in [0.1, 0.15) is 10.4 Å². The molecule has 0 heterocycles. The smallest absolute Gasteiger partial charge is 0.229 e. The lowest BCUT2D eigenvalue weighted by Crippen LogP contribution is -2.00.